The van der Waals surface area contributed by atoms with Crippen molar-refractivity contribution in [3.8, 4) is 5.75 Å². The first kappa shape index (κ1) is 16.3. The highest BCUT2D eigenvalue weighted by molar-refractivity contribution is 6.01. The summed E-state index contributed by atoms with van der Waals surface area (Å²) in [5, 5.41) is 3.49. The topological polar surface area (TPSA) is 54.7 Å². The van der Waals surface area contributed by atoms with Crippen LogP contribution in [0.25, 0.3) is 0 Å². The standard InChI is InChI=1S/C21H20N2O3/c1-2-25-19-12-6-4-10-17(19)20-22-18-11-5-3-9-16(18)21(24)23(20)14-15-8-7-13-26-15/h3-13,20,22H,2,14H2,1H3/t20-/m1/s1. The zero-order valence-electron chi connectivity index (χ0n) is 14.5. The molecule has 0 radical (unpaired) electrons. The highest BCUT2D eigenvalue weighted by Gasteiger charge is 2.34. The van der Waals surface area contributed by atoms with E-state index in [4.69, 9.17) is 9.15 Å². The van der Waals surface area contributed by atoms with E-state index in [9.17, 15) is 4.79 Å². The molecule has 0 saturated carbocycles. The van der Waals surface area contributed by atoms with Crippen molar-refractivity contribution in [1.82, 2.24) is 4.90 Å². The fourth-order valence-corrected chi connectivity index (χ4v) is 3.27. The van der Waals surface area contributed by atoms with Gasteiger partial charge in [-0.15, -0.1) is 0 Å². The lowest BCUT2D eigenvalue weighted by Crippen LogP contribution is -2.42. The van der Waals surface area contributed by atoms with Gasteiger partial charge in [0, 0.05) is 11.3 Å². The van der Waals surface area contributed by atoms with Crippen LogP contribution in [-0.2, 0) is 6.54 Å². The number of nitrogens with one attached hydrogen (secondary N) is 1. The van der Waals surface area contributed by atoms with Crippen LogP contribution in [0.2, 0.25) is 0 Å². The Bertz CT molecular complexity index is 905. The van der Waals surface area contributed by atoms with Crippen molar-refractivity contribution >= 4 is 11.6 Å². The fourth-order valence-electron chi connectivity index (χ4n) is 3.27. The van der Waals surface area contributed by atoms with Crippen LogP contribution in [0, 0.1) is 0 Å². The molecular formula is C21H20N2O3. The molecule has 3 aromatic rings. The van der Waals surface area contributed by atoms with Crippen LogP contribution in [0.4, 0.5) is 5.69 Å². The smallest absolute Gasteiger partial charge is 0.258 e. The third-order valence-corrected chi connectivity index (χ3v) is 4.44. The number of carbonyl (C=O) groups excluding carboxylic acids is 1. The van der Waals surface area contributed by atoms with Gasteiger partial charge in [-0.1, -0.05) is 30.3 Å². The number of hydrogen-bond donors (Lipinski definition) is 1. The lowest BCUT2D eigenvalue weighted by Gasteiger charge is -2.38. The quantitative estimate of drug-likeness (QED) is 0.740. The van der Waals surface area contributed by atoms with Gasteiger partial charge in [0.25, 0.3) is 5.91 Å². The van der Waals surface area contributed by atoms with Gasteiger partial charge in [-0.2, -0.15) is 0 Å². The Morgan fingerprint density at radius 3 is 2.69 bits per heavy atom. The van der Waals surface area contributed by atoms with Crippen LogP contribution in [-0.4, -0.2) is 17.4 Å². The molecule has 1 amide bonds. The van der Waals surface area contributed by atoms with Gasteiger partial charge in [0.05, 0.1) is 25.0 Å². The maximum absolute atomic E-state index is 13.2. The van der Waals surface area contributed by atoms with Gasteiger partial charge in [0.1, 0.15) is 17.7 Å². The minimum atomic E-state index is -0.342. The monoisotopic (exact) mass is 348 g/mol. The number of furan rings is 1. The second-order valence-corrected chi connectivity index (χ2v) is 6.08. The molecule has 1 aliphatic rings. The Hall–Kier alpha value is -3.21. The number of carbonyl (C=O) groups is 1. The Labute approximate surface area is 152 Å². The molecule has 0 unspecified atom stereocenters. The van der Waals surface area contributed by atoms with Crippen LogP contribution in [0.1, 0.15) is 34.8 Å². The molecule has 0 fully saturated rings. The Morgan fingerprint density at radius 2 is 1.88 bits per heavy atom. The number of fused-ring (bicyclic) bond motifs is 1. The Kier molecular flexibility index (Phi) is 4.35. The van der Waals surface area contributed by atoms with Crippen LogP contribution >= 0.6 is 0 Å². The lowest BCUT2D eigenvalue weighted by atomic mass is 10.0. The van der Waals surface area contributed by atoms with Gasteiger partial charge in [-0.3, -0.25) is 4.79 Å². The van der Waals surface area contributed by atoms with E-state index >= 15 is 0 Å². The summed E-state index contributed by atoms with van der Waals surface area (Å²) in [5.41, 5.74) is 2.40. The fraction of sp³-hybridized carbons (Fsp3) is 0.190. The van der Waals surface area contributed by atoms with Gasteiger partial charge in [-0.25, -0.2) is 0 Å². The summed E-state index contributed by atoms with van der Waals surface area (Å²) in [7, 11) is 0. The third-order valence-electron chi connectivity index (χ3n) is 4.44. The number of anilines is 1. The highest BCUT2D eigenvalue weighted by Crippen LogP contribution is 2.37. The molecular weight excluding hydrogens is 328 g/mol. The highest BCUT2D eigenvalue weighted by atomic mass is 16.5. The maximum Gasteiger partial charge on any atom is 0.258 e. The Morgan fingerprint density at radius 1 is 1.08 bits per heavy atom. The molecule has 2 heterocycles. The maximum atomic E-state index is 13.2. The molecule has 1 aromatic heterocycles. The summed E-state index contributed by atoms with van der Waals surface area (Å²) in [6, 6.07) is 19.1. The van der Waals surface area contributed by atoms with Crippen LogP contribution in [0.15, 0.2) is 71.3 Å². The zero-order chi connectivity index (χ0) is 17.9. The molecule has 26 heavy (non-hydrogen) atoms. The van der Waals surface area contributed by atoms with E-state index < -0.39 is 0 Å². The summed E-state index contributed by atoms with van der Waals surface area (Å²) in [5.74, 6) is 1.47. The minimum Gasteiger partial charge on any atom is -0.493 e. The van der Waals surface area contributed by atoms with E-state index in [2.05, 4.69) is 5.32 Å². The molecule has 2 aromatic carbocycles. The number of nitrogens with zero attached hydrogens (tertiary/aromatic N) is 1. The Balaban J connectivity index is 1.78. The number of ether oxygens (including phenoxy) is 1. The SMILES string of the molecule is CCOc1ccccc1[C@@H]1Nc2ccccc2C(=O)N1Cc1ccco1. The normalized spacial score (nSPS) is 16.1. The van der Waals surface area contributed by atoms with Gasteiger partial charge in [0.15, 0.2) is 0 Å². The summed E-state index contributed by atoms with van der Waals surface area (Å²) < 4.78 is 11.3. The van der Waals surface area contributed by atoms with Crippen molar-refractivity contribution in [2.24, 2.45) is 0 Å². The number of rotatable bonds is 5. The first-order valence-electron chi connectivity index (χ1n) is 8.68. The second kappa shape index (κ2) is 6.96. The summed E-state index contributed by atoms with van der Waals surface area (Å²) in [6.45, 7) is 2.89. The molecule has 132 valence electrons. The van der Waals surface area contributed by atoms with Crippen molar-refractivity contribution in [2.45, 2.75) is 19.6 Å². The molecule has 0 saturated heterocycles. The van der Waals surface area contributed by atoms with E-state index in [0.29, 0.717) is 18.7 Å². The van der Waals surface area contributed by atoms with Crippen LogP contribution < -0.4 is 10.1 Å². The molecule has 0 spiro atoms. The molecule has 1 N–H and O–H groups in total. The van der Waals surface area contributed by atoms with E-state index in [1.54, 1.807) is 11.2 Å². The van der Waals surface area contributed by atoms with Gasteiger partial charge >= 0.3 is 0 Å². The van der Waals surface area contributed by atoms with Gasteiger partial charge in [0.2, 0.25) is 0 Å². The van der Waals surface area contributed by atoms with Crippen LogP contribution in [0.5, 0.6) is 5.75 Å². The summed E-state index contributed by atoms with van der Waals surface area (Å²) in [4.78, 5) is 15.0. The van der Waals surface area contributed by atoms with Crippen LogP contribution in [0.3, 0.4) is 0 Å². The summed E-state index contributed by atoms with van der Waals surface area (Å²) >= 11 is 0. The van der Waals surface area contributed by atoms with Crippen molar-refractivity contribution in [2.75, 3.05) is 11.9 Å². The third kappa shape index (κ3) is 2.92. The largest absolute Gasteiger partial charge is 0.493 e. The van der Waals surface area contributed by atoms with E-state index in [0.717, 1.165) is 22.8 Å². The van der Waals surface area contributed by atoms with Crippen molar-refractivity contribution in [3.05, 3.63) is 83.8 Å². The molecule has 0 bridgehead atoms. The predicted molar refractivity (Wildman–Crippen MR) is 99.0 cm³/mol. The average Bonchev–Trinajstić information content (AvgIpc) is 3.18. The van der Waals surface area contributed by atoms with Crippen molar-refractivity contribution < 1.29 is 13.9 Å². The van der Waals surface area contributed by atoms with E-state index in [1.807, 2.05) is 67.6 Å². The zero-order valence-corrected chi connectivity index (χ0v) is 14.5. The second-order valence-electron chi connectivity index (χ2n) is 6.08. The first-order valence-corrected chi connectivity index (χ1v) is 8.68. The van der Waals surface area contributed by atoms with Gasteiger partial charge < -0.3 is 19.4 Å². The van der Waals surface area contributed by atoms with Gasteiger partial charge in [-0.05, 0) is 37.3 Å². The van der Waals surface area contributed by atoms with Crippen molar-refractivity contribution in [1.29, 1.82) is 0 Å². The predicted octanol–water partition coefficient (Wildman–Crippen LogP) is 4.45. The molecule has 1 atom stereocenters. The minimum absolute atomic E-state index is 0.0351. The van der Waals surface area contributed by atoms with Crippen molar-refractivity contribution in [3.63, 3.8) is 0 Å². The average molecular weight is 348 g/mol. The molecule has 4 rings (SSSR count). The molecule has 1 aliphatic heterocycles. The first-order chi connectivity index (χ1) is 12.8. The molecule has 5 nitrogen and oxygen atoms in total. The summed E-state index contributed by atoms with van der Waals surface area (Å²) in [6.07, 6.45) is 1.28. The molecule has 0 aliphatic carbocycles. The molecule has 5 heteroatoms. The number of amides is 1. The van der Waals surface area contributed by atoms with E-state index in [1.165, 1.54) is 0 Å². The number of benzene rings is 2. The lowest BCUT2D eigenvalue weighted by molar-refractivity contribution is 0.0649. The van der Waals surface area contributed by atoms with E-state index in [-0.39, 0.29) is 12.1 Å². The number of para-hydroxylation sites is 2. The number of hydrogen-bond acceptors (Lipinski definition) is 4.